The highest BCUT2D eigenvalue weighted by Crippen LogP contribution is 2.29. The van der Waals surface area contributed by atoms with Crippen LogP contribution in [0, 0.1) is 0 Å². The fourth-order valence-corrected chi connectivity index (χ4v) is 2.18. The van der Waals surface area contributed by atoms with Crippen LogP contribution in [0.15, 0.2) is 35.5 Å². The monoisotopic (exact) mass is 300 g/mol. The van der Waals surface area contributed by atoms with Crippen LogP contribution in [0.2, 0.25) is 5.15 Å². The van der Waals surface area contributed by atoms with E-state index in [0.717, 1.165) is 0 Å². The number of carbonyl (C=O) groups excluding carboxylic acids is 1. The number of halogens is 3. The average Bonchev–Trinajstić information content (AvgIpc) is 2.38. The third kappa shape index (κ3) is 3.27. The number of nitrogens with zero attached hydrogens (tertiary/aromatic N) is 2. The molecular weight excluding hydrogens is 294 g/mol. The van der Waals surface area contributed by atoms with Crippen molar-refractivity contribution in [2.75, 3.05) is 0 Å². The number of hydrogen-bond donors (Lipinski definition) is 0. The summed E-state index contributed by atoms with van der Waals surface area (Å²) < 4.78 is 24.4. The number of rotatable bonds is 4. The van der Waals surface area contributed by atoms with Gasteiger partial charge in [-0.2, -0.15) is 8.78 Å². The molecule has 2 aromatic rings. The Labute approximate surface area is 117 Å². The molecule has 19 heavy (non-hydrogen) atoms. The smallest absolute Gasteiger partial charge is 0.288 e. The van der Waals surface area contributed by atoms with E-state index in [9.17, 15) is 13.6 Å². The van der Waals surface area contributed by atoms with Crippen LogP contribution in [0.3, 0.4) is 0 Å². The molecule has 1 aromatic carbocycles. The molecule has 0 spiro atoms. The predicted octanol–water partition coefficient (Wildman–Crippen LogP) is 3.92. The van der Waals surface area contributed by atoms with Gasteiger partial charge in [-0.1, -0.05) is 35.5 Å². The van der Waals surface area contributed by atoms with Gasteiger partial charge in [0.15, 0.2) is 6.29 Å². The van der Waals surface area contributed by atoms with Gasteiger partial charge < -0.3 is 0 Å². The van der Waals surface area contributed by atoms with Crippen molar-refractivity contribution in [1.29, 1.82) is 0 Å². The van der Waals surface area contributed by atoms with Crippen LogP contribution in [-0.2, 0) is 0 Å². The minimum atomic E-state index is -2.47. The summed E-state index contributed by atoms with van der Waals surface area (Å²) in [6.07, 6.45) is 1.81. The molecule has 0 unspecified atom stereocenters. The predicted molar refractivity (Wildman–Crippen MR) is 69.7 cm³/mol. The fraction of sp³-hybridized carbons (Fsp3) is 0.0833. The van der Waals surface area contributed by atoms with E-state index in [0.29, 0.717) is 34.2 Å². The largest absolute Gasteiger partial charge is 0.298 e. The molecule has 2 rings (SSSR count). The number of carbonyl (C=O) groups is 1. The highest BCUT2D eigenvalue weighted by atomic mass is 35.5. The lowest BCUT2D eigenvalue weighted by Crippen LogP contribution is -1.95. The van der Waals surface area contributed by atoms with E-state index < -0.39 is 5.76 Å². The van der Waals surface area contributed by atoms with Crippen molar-refractivity contribution in [2.24, 2.45) is 0 Å². The Balaban J connectivity index is 2.37. The standard InChI is InChI=1S/C12H7ClF2N2OS/c13-11-9(5-18)10(16-6-17-11)7-1-3-8(4-2-7)19-12(14)15/h1-6,12H. The first kappa shape index (κ1) is 13.9. The van der Waals surface area contributed by atoms with Crippen LogP contribution in [-0.4, -0.2) is 22.0 Å². The Morgan fingerprint density at radius 2 is 1.89 bits per heavy atom. The summed E-state index contributed by atoms with van der Waals surface area (Å²) in [6.45, 7) is 0. The molecule has 0 N–H and O–H groups in total. The normalized spacial score (nSPS) is 10.7. The van der Waals surface area contributed by atoms with Crippen LogP contribution in [0.5, 0.6) is 0 Å². The minimum absolute atomic E-state index is 0.0611. The highest BCUT2D eigenvalue weighted by Gasteiger charge is 2.11. The molecule has 1 heterocycles. The Bertz CT molecular complexity index is 593. The first-order valence-electron chi connectivity index (χ1n) is 5.12. The van der Waals surface area contributed by atoms with E-state index in [-0.39, 0.29) is 10.7 Å². The fourth-order valence-electron chi connectivity index (χ4n) is 1.50. The van der Waals surface area contributed by atoms with E-state index in [1.165, 1.54) is 18.5 Å². The molecule has 0 atom stereocenters. The lowest BCUT2D eigenvalue weighted by Gasteiger charge is -2.06. The van der Waals surface area contributed by atoms with E-state index in [2.05, 4.69) is 9.97 Å². The minimum Gasteiger partial charge on any atom is -0.298 e. The summed E-state index contributed by atoms with van der Waals surface area (Å²) in [5.41, 5.74) is 1.17. The van der Waals surface area contributed by atoms with Crippen molar-refractivity contribution >= 4 is 29.6 Å². The lowest BCUT2D eigenvalue weighted by atomic mass is 10.1. The second-order valence-corrected chi connectivity index (χ2v) is 4.87. The third-order valence-corrected chi connectivity index (χ3v) is 3.33. The molecule has 0 saturated carbocycles. The Kier molecular flexibility index (Phi) is 4.44. The quantitative estimate of drug-likeness (QED) is 0.487. The van der Waals surface area contributed by atoms with Crippen LogP contribution in [0.25, 0.3) is 11.3 Å². The summed E-state index contributed by atoms with van der Waals surface area (Å²) in [4.78, 5) is 19.1. The van der Waals surface area contributed by atoms with Crippen LogP contribution in [0.1, 0.15) is 10.4 Å². The van der Waals surface area contributed by atoms with Gasteiger partial charge in [-0.05, 0) is 12.1 Å². The van der Waals surface area contributed by atoms with Gasteiger partial charge in [-0.3, -0.25) is 4.79 Å². The molecule has 0 saturated heterocycles. The third-order valence-electron chi connectivity index (χ3n) is 2.31. The van der Waals surface area contributed by atoms with E-state index >= 15 is 0 Å². The molecule has 1 aromatic heterocycles. The van der Waals surface area contributed by atoms with Gasteiger partial charge >= 0.3 is 0 Å². The zero-order valence-electron chi connectivity index (χ0n) is 9.39. The zero-order chi connectivity index (χ0) is 13.8. The molecule has 0 aliphatic carbocycles. The molecular formula is C12H7ClF2N2OS. The van der Waals surface area contributed by atoms with Gasteiger partial charge in [0.25, 0.3) is 5.76 Å². The number of aldehydes is 1. The first-order chi connectivity index (χ1) is 9.11. The number of alkyl halides is 2. The second-order valence-electron chi connectivity index (χ2n) is 3.45. The molecule has 0 aliphatic rings. The van der Waals surface area contributed by atoms with Gasteiger partial charge in [0.05, 0.1) is 11.3 Å². The number of thioether (sulfide) groups is 1. The second kappa shape index (κ2) is 6.08. The van der Waals surface area contributed by atoms with Gasteiger partial charge in [-0.25, -0.2) is 9.97 Å². The maximum Gasteiger partial charge on any atom is 0.288 e. The number of hydrogen-bond acceptors (Lipinski definition) is 4. The first-order valence-corrected chi connectivity index (χ1v) is 6.38. The van der Waals surface area contributed by atoms with Crippen molar-refractivity contribution < 1.29 is 13.6 Å². The number of benzene rings is 1. The molecule has 0 bridgehead atoms. The average molecular weight is 301 g/mol. The van der Waals surface area contributed by atoms with Gasteiger partial charge in [-0.15, -0.1) is 0 Å². The molecule has 0 amide bonds. The van der Waals surface area contributed by atoms with Crippen LogP contribution < -0.4 is 0 Å². The summed E-state index contributed by atoms with van der Waals surface area (Å²) in [5.74, 6) is -2.47. The van der Waals surface area contributed by atoms with Crippen molar-refractivity contribution in [3.63, 3.8) is 0 Å². The van der Waals surface area contributed by atoms with Crippen molar-refractivity contribution in [3.05, 3.63) is 41.3 Å². The maximum atomic E-state index is 12.2. The van der Waals surface area contributed by atoms with Crippen LogP contribution >= 0.6 is 23.4 Å². The SMILES string of the molecule is O=Cc1c(Cl)ncnc1-c1ccc(SC(F)F)cc1. The molecule has 0 radical (unpaired) electrons. The van der Waals surface area contributed by atoms with E-state index in [1.807, 2.05) is 0 Å². The summed E-state index contributed by atoms with van der Waals surface area (Å²) in [6, 6.07) is 6.29. The van der Waals surface area contributed by atoms with Crippen molar-refractivity contribution in [1.82, 2.24) is 9.97 Å². The Morgan fingerprint density at radius 3 is 2.47 bits per heavy atom. The van der Waals surface area contributed by atoms with Gasteiger partial charge in [0, 0.05) is 10.5 Å². The molecule has 3 nitrogen and oxygen atoms in total. The number of aromatic nitrogens is 2. The van der Waals surface area contributed by atoms with Crippen molar-refractivity contribution in [3.8, 4) is 11.3 Å². The molecule has 7 heteroatoms. The van der Waals surface area contributed by atoms with Gasteiger partial charge in [0.2, 0.25) is 0 Å². The lowest BCUT2D eigenvalue weighted by molar-refractivity contribution is 0.112. The topological polar surface area (TPSA) is 42.9 Å². The van der Waals surface area contributed by atoms with Gasteiger partial charge in [0.1, 0.15) is 11.5 Å². The zero-order valence-corrected chi connectivity index (χ0v) is 11.0. The molecule has 0 aliphatic heterocycles. The Morgan fingerprint density at radius 1 is 1.21 bits per heavy atom. The van der Waals surface area contributed by atoms with E-state index in [1.54, 1.807) is 12.1 Å². The molecule has 98 valence electrons. The van der Waals surface area contributed by atoms with Crippen LogP contribution in [0.4, 0.5) is 8.78 Å². The Hall–Kier alpha value is -1.53. The van der Waals surface area contributed by atoms with Crippen molar-refractivity contribution in [2.45, 2.75) is 10.7 Å². The maximum absolute atomic E-state index is 12.2. The molecule has 0 fully saturated rings. The summed E-state index contributed by atoms with van der Waals surface area (Å²) >= 11 is 6.25. The van der Waals surface area contributed by atoms with E-state index in [4.69, 9.17) is 11.6 Å². The summed E-state index contributed by atoms with van der Waals surface area (Å²) in [7, 11) is 0. The summed E-state index contributed by atoms with van der Waals surface area (Å²) in [5, 5.41) is 0.0611. The highest BCUT2D eigenvalue weighted by molar-refractivity contribution is 7.99.